The number of thioether (sulfide) groups is 1. The molecule has 4 atom stereocenters. The number of carboxylic acids is 2. The highest BCUT2D eigenvalue weighted by molar-refractivity contribution is 7.98. The zero-order valence-corrected chi connectivity index (χ0v) is 18.8. The summed E-state index contributed by atoms with van der Waals surface area (Å²) < 4.78 is 0. The Bertz CT molecular complexity index is 705. The molecular weight excluding hydrogens is 446 g/mol. The van der Waals surface area contributed by atoms with Crippen molar-refractivity contribution in [2.24, 2.45) is 11.5 Å². The van der Waals surface area contributed by atoms with E-state index >= 15 is 0 Å². The summed E-state index contributed by atoms with van der Waals surface area (Å²) >= 11 is 1.40. The summed E-state index contributed by atoms with van der Waals surface area (Å²) in [6.07, 6.45) is 1.04. The van der Waals surface area contributed by atoms with Gasteiger partial charge in [0.15, 0.2) is 0 Å². The topological polar surface area (TPSA) is 231 Å². The molecule has 0 aliphatic carbocycles. The second-order valence-electron chi connectivity index (χ2n) is 7.02. The fourth-order valence-corrected chi connectivity index (χ4v) is 2.88. The maximum absolute atomic E-state index is 12.6. The number of amides is 4. The van der Waals surface area contributed by atoms with E-state index in [4.69, 9.17) is 16.6 Å². The Hall–Kier alpha value is -2.87. The number of carbonyl (C=O) groups excluding carboxylic acids is 4. The third kappa shape index (κ3) is 12.1. The second-order valence-corrected chi connectivity index (χ2v) is 8.00. The van der Waals surface area contributed by atoms with Crippen LogP contribution in [0.1, 0.15) is 39.0 Å². The molecule has 0 saturated carbocycles. The monoisotopic (exact) mass is 477 g/mol. The number of hydrogen-bond donors (Lipinski definition) is 7. The smallest absolute Gasteiger partial charge is 0.326 e. The Balaban J connectivity index is 5.10. The molecule has 0 aliphatic rings. The fraction of sp³-hybridized carbons (Fsp3) is 0.667. The fourth-order valence-electron chi connectivity index (χ4n) is 2.41. The first-order chi connectivity index (χ1) is 14.9. The first-order valence-corrected chi connectivity index (χ1v) is 11.2. The van der Waals surface area contributed by atoms with E-state index in [-0.39, 0.29) is 32.1 Å². The van der Waals surface area contributed by atoms with E-state index in [1.54, 1.807) is 6.26 Å². The summed E-state index contributed by atoms with van der Waals surface area (Å²) in [5.41, 5.74) is 10.7. The van der Waals surface area contributed by atoms with Gasteiger partial charge in [-0.15, -0.1) is 0 Å². The van der Waals surface area contributed by atoms with E-state index in [1.165, 1.54) is 18.7 Å². The van der Waals surface area contributed by atoms with E-state index in [0.717, 1.165) is 0 Å². The van der Waals surface area contributed by atoms with Gasteiger partial charge in [-0.05, 0) is 38.2 Å². The van der Waals surface area contributed by atoms with Crippen LogP contribution < -0.4 is 27.4 Å². The van der Waals surface area contributed by atoms with Gasteiger partial charge in [0.25, 0.3) is 0 Å². The number of carboxylic acid groups (broad SMARTS) is 2. The minimum absolute atomic E-state index is 0.133. The van der Waals surface area contributed by atoms with Gasteiger partial charge < -0.3 is 37.6 Å². The molecular formula is C18H31N5O8S. The van der Waals surface area contributed by atoms with Crippen molar-refractivity contribution in [3.63, 3.8) is 0 Å². The van der Waals surface area contributed by atoms with Crippen molar-refractivity contribution in [2.75, 3.05) is 12.0 Å². The standard InChI is InChI=1S/C18H31N5O8S/c1-9(21-16(28)10(19)3-6-14(25)26)15(27)22-11(4-5-13(20)24)17(29)23-12(18(30)31)7-8-32-2/h9-12H,3-8,19H2,1-2H3,(H2,20,24)(H,21,28)(H,22,27)(H,23,29)(H,25,26)(H,30,31). The number of rotatable bonds is 16. The third-order valence-corrected chi connectivity index (χ3v) is 4.94. The highest BCUT2D eigenvalue weighted by Gasteiger charge is 2.29. The van der Waals surface area contributed by atoms with Crippen LogP contribution in [0.15, 0.2) is 0 Å². The number of aliphatic carboxylic acids is 2. The van der Waals surface area contributed by atoms with Crippen LogP contribution in [0.2, 0.25) is 0 Å². The number of hydrogen-bond acceptors (Lipinski definition) is 8. The lowest BCUT2D eigenvalue weighted by atomic mass is 10.1. The van der Waals surface area contributed by atoms with E-state index in [2.05, 4.69) is 16.0 Å². The maximum Gasteiger partial charge on any atom is 0.326 e. The van der Waals surface area contributed by atoms with Gasteiger partial charge in [-0.2, -0.15) is 11.8 Å². The van der Waals surface area contributed by atoms with Crippen molar-refractivity contribution in [1.29, 1.82) is 0 Å². The summed E-state index contributed by atoms with van der Waals surface area (Å²) in [4.78, 5) is 70.1. The highest BCUT2D eigenvalue weighted by Crippen LogP contribution is 2.04. The first kappa shape index (κ1) is 29.1. The summed E-state index contributed by atoms with van der Waals surface area (Å²) in [6.45, 7) is 1.32. The molecule has 9 N–H and O–H groups in total. The van der Waals surface area contributed by atoms with Gasteiger partial charge >= 0.3 is 11.9 Å². The van der Waals surface area contributed by atoms with Gasteiger partial charge in [0, 0.05) is 12.8 Å². The Morgan fingerprint density at radius 1 is 0.844 bits per heavy atom. The van der Waals surface area contributed by atoms with Gasteiger partial charge in [-0.3, -0.25) is 24.0 Å². The largest absolute Gasteiger partial charge is 0.481 e. The molecule has 0 spiro atoms. The Morgan fingerprint density at radius 2 is 1.44 bits per heavy atom. The molecule has 13 nitrogen and oxygen atoms in total. The van der Waals surface area contributed by atoms with Crippen LogP contribution in [-0.4, -0.2) is 82.0 Å². The van der Waals surface area contributed by atoms with Crippen molar-refractivity contribution in [3.8, 4) is 0 Å². The molecule has 0 aromatic rings. The predicted octanol–water partition coefficient (Wildman–Crippen LogP) is -2.24. The maximum atomic E-state index is 12.6. The lowest BCUT2D eigenvalue weighted by molar-refractivity contribution is -0.142. The van der Waals surface area contributed by atoms with E-state index in [9.17, 15) is 33.9 Å². The van der Waals surface area contributed by atoms with Gasteiger partial charge in [0.05, 0.1) is 6.04 Å². The molecule has 14 heteroatoms. The molecule has 32 heavy (non-hydrogen) atoms. The van der Waals surface area contributed by atoms with E-state index < -0.39 is 59.7 Å². The predicted molar refractivity (Wildman–Crippen MR) is 115 cm³/mol. The summed E-state index contributed by atoms with van der Waals surface area (Å²) in [5.74, 6) is -4.98. The molecule has 0 fully saturated rings. The van der Waals surface area contributed by atoms with Crippen LogP contribution in [0.5, 0.6) is 0 Å². The zero-order valence-electron chi connectivity index (χ0n) is 18.0. The van der Waals surface area contributed by atoms with Gasteiger partial charge in [0.1, 0.15) is 18.1 Å². The second kappa shape index (κ2) is 15.0. The molecule has 0 aliphatic heterocycles. The average Bonchev–Trinajstić information content (AvgIpc) is 2.71. The first-order valence-electron chi connectivity index (χ1n) is 9.77. The van der Waals surface area contributed by atoms with Gasteiger partial charge in [-0.1, -0.05) is 0 Å². The lowest BCUT2D eigenvalue weighted by Crippen LogP contribution is -2.56. The Morgan fingerprint density at radius 3 is 1.94 bits per heavy atom. The molecule has 0 saturated heterocycles. The molecule has 182 valence electrons. The van der Waals surface area contributed by atoms with Gasteiger partial charge in [0.2, 0.25) is 23.6 Å². The van der Waals surface area contributed by atoms with Crippen LogP contribution in [-0.2, 0) is 28.8 Å². The number of carbonyl (C=O) groups is 6. The molecule has 4 unspecified atom stereocenters. The highest BCUT2D eigenvalue weighted by atomic mass is 32.2. The number of nitrogens with two attached hydrogens (primary N) is 2. The van der Waals surface area contributed by atoms with Crippen molar-refractivity contribution in [2.45, 2.75) is 63.2 Å². The molecule has 0 heterocycles. The van der Waals surface area contributed by atoms with Crippen molar-refractivity contribution >= 4 is 47.3 Å². The number of primary amides is 1. The molecule has 4 amide bonds. The van der Waals surface area contributed by atoms with Crippen molar-refractivity contribution < 1.29 is 39.0 Å². The summed E-state index contributed by atoms with van der Waals surface area (Å²) in [7, 11) is 0. The molecule has 0 aromatic heterocycles. The molecule has 0 radical (unpaired) electrons. The Labute approximate surface area is 189 Å². The van der Waals surface area contributed by atoms with Crippen molar-refractivity contribution in [3.05, 3.63) is 0 Å². The Kier molecular flexibility index (Phi) is 13.7. The van der Waals surface area contributed by atoms with E-state index in [1.807, 2.05) is 0 Å². The number of nitrogens with one attached hydrogen (secondary N) is 3. The normalized spacial score (nSPS) is 14.3. The SMILES string of the molecule is CSCCC(NC(=O)C(CCC(N)=O)NC(=O)C(C)NC(=O)C(N)CCC(=O)O)C(=O)O. The van der Waals surface area contributed by atoms with E-state index in [0.29, 0.717) is 5.75 Å². The minimum atomic E-state index is -1.27. The van der Waals surface area contributed by atoms with Crippen molar-refractivity contribution in [1.82, 2.24) is 16.0 Å². The average molecular weight is 478 g/mol. The van der Waals surface area contributed by atoms with Gasteiger partial charge in [-0.25, -0.2) is 4.79 Å². The molecule has 0 rings (SSSR count). The van der Waals surface area contributed by atoms with Crippen LogP contribution in [0.4, 0.5) is 0 Å². The zero-order chi connectivity index (χ0) is 24.8. The summed E-state index contributed by atoms with van der Waals surface area (Å²) in [6, 6.07) is -4.75. The van der Waals surface area contributed by atoms with Crippen LogP contribution in [0, 0.1) is 0 Å². The molecule has 0 aromatic carbocycles. The van der Waals surface area contributed by atoms with Crippen LogP contribution in [0.25, 0.3) is 0 Å². The lowest BCUT2D eigenvalue weighted by Gasteiger charge is -2.23. The summed E-state index contributed by atoms with van der Waals surface area (Å²) in [5, 5.41) is 24.9. The minimum Gasteiger partial charge on any atom is -0.481 e. The third-order valence-electron chi connectivity index (χ3n) is 4.30. The molecule has 0 bridgehead atoms. The van der Waals surface area contributed by atoms with Crippen LogP contribution in [0.3, 0.4) is 0 Å². The quantitative estimate of drug-likeness (QED) is 0.126. The van der Waals surface area contributed by atoms with Crippen LogP contribution >= 0.6 is 11.8 Å².